The zero-order valence-corrected chi connectivity index (χ0v) is 16.4. The Morgan fingerprint density at radius 3 is 2.63 bits per heavy atom. The first-order valence-electron chi connectivity index (χ1n) is 9.29. The molecule has 2 aromatic carbocycles. The van der Waals surface area contributed by atoms with Gasteiger partial charge in [-0.3, -0.25) is 4.79 Å². The van der Waals surface area contributed by atoms with Gasteiger partial charge < -0.3 is 10.2 Å². The van der Waals surface area contributed by atoms with Gasteiger partial charge in [-0.2, -0.15) is 5.10 Å². The highest BCUT2D eigenvalue weighted by molar-refractivity contribution is 6.04. The number of halogens is 2. The lowest BCUT2D eigenvalue weighted by atomic mass is 10.2. The molecule has 0 atom stereocenters. The summed E-state index contributed by atoms with van der Waals surface area (Å²) in [5, 5.41) is 6.74. The van der Waals surface area contributed by atoms with Crippen LogP contribution in [0.15, 0.2) is 60.8 Å². The zero-order chi connectivity index (χ0) is 21.3. The Hall–Kier alpha value is -3.81. The number of anilines is 2. The van der Waals surface area contributed by atoms with Crippen molar-refractivity contribution in [2.45, 2.75) is 13.5 Å². The predicted octanol–water partition coefficient (Wildman–Crippen LogP) is 4.20. The molecule has 0 aliphatic carbocycles. The van der Waals surface area contributed by atoms with Gasteiger partial charge in [-0.25, -0.2) is 18.3 Å². The Kier molecular flexibility index (Phi) is 5.14. The van der Waals surface area contributed by atoms with Crippen LogP contribution in [0.2, 0.25) is 0 Å². The van der Waals surface area contributed by atoms with Gasteiger partial charge >= 0.3 is 0 Å². The number of nitrogens with one attached hydrogen (secondary N) is 1. The lowest BCUT2D eigenvalue weighted by Crippen LogP contribution is -2.19. The molecule has 8 heteroatoms. The van der Waals surface area contributed by atoms with Gasteiger partial charge in [-0.1, -0.05) is 30.3 Å². The Labute approximate surface area is 171 Å². The monoisotopic (exact) mass is 407 g/mol. The number of rotatable bonds is 5. The average molecular weight is 407 g/mol. The number of hydrogen-bond acceptors (Lipinski definition) is 4. The van der Waals surface area contributed by atoms with Crippen molar-refractivity contribution in [3.8, 4) is 0 Å². The third-order valence-electron chi connectivity index (χ3n) is 4.59. The first-order valence-corrected chi connectivity index (χ1v) is 9.29. The van der Waals surface area contributed by atoms with Gasteiger partial charge in [0, 0.05) is 25.7 Å². The maximum Gasteiger partial charge on any atom is 0.276 e. The van der Waals surface area contributed by atoms with E-state index < -0.39 is 17.5 Å². The summed E-state index contributed by atoms with van der Waals surface area (Å²) < 4.78 is 28.5. The molecule has 152 valence electrons. The molecule has 1 amide bonds. The van der Waals surface area contributed by atoms with Gasteiger partial charge in [-0.05, 0) is 24.6 Å². The summed E-state index contributed by atoms with van der Waals surface area (Å²) in [6.07, 6.45) is 1.71. The van der Waals surface area contributed by atoms with Crippen molar-refractivity contribution in [2.75, 3.05) is 17.3 Å². The van der Waals surface area contributed by atoms with Crippen LogP contribution in [-0.2, 0) is 6.54 Å². The second-order valence-electron chi connectivity index (χ2n) is 6.99. The van der Waals surface area contributed by atoms with Crippen LogP contribution >= 0.6 is 0 Å². The van der Waals surface area contributed by atoms with E-state index in [9.17, 15) is 13.6 Å². The molecule has 0 aliphatic rings. The molecular weight excluding hydrogens is 388 g/mol. The molecule has 6 nitrogen and oxygen atoms in total. The Morgan fingerprint density at radius 1 is 1.13 bits per heavy atom. The Balaban J connectivity index is 1.65. The van der Waals surface area contributed by atoms with E-state index in [0.29, 0.717) is 23.9 Å². The van der Waals surface area contributed by atoms with Crippen LogP contribution < -0.4 is 10.2 Å². The fraction of sp³-hybridized carbons (Fsp3) is 0.136. The van der Waals surface area contributed by atoms with Crippen molar-refractivity contribution in [2.24, 2.45) is 0 Å². The topological polar surface area (TPSA) is 62.5 Å². The zero-order valence-electron chi connectivity index (χ0n) is 16.4. The van der Waals surface area contributed by atoms with Crippen LogP contribution in [0.5, 0.6) is 0 Å². The SMILES string of the molecule is Cc1cn2nc(C(=O)Nc3ccc(F)cc3F)cc2c(N(C)Cc2ccccc2)n1. The van der Waals surface area contributed by atoms with Gasteiger partial charge in [0.25, 0.3) is 5.91 Å². The average Bonchev–Trinajstić information content (AvgIpc) is 3.14. The molecule has 0 fully saturated rings. The standard InChI is InChI=1S/C22H19F2N5O/c1-14-12-29-20(21(25-14)28(2)13-15-6-4-3-5-7-15)11-19(27-29)22(30)26-18-9-8-16(23)10-17(18)24/h3-12H,13H2,1-2H3,(H,26,30). The van der Waals surface area contributed by atoms with Gasteiger partial charge in [0.1, 0.15) is 17.2 Å². The van der Waals surface area contributed by atoms with E-state index in [-0.39, 0.29) is 11.4 Å². The maximum absolute atomic E-state index is 13.9. The number of amides is 1. The van der Waals surface area contributed by atoms with Crippen LogP contribution in [0.25, 0.3) is 5.52 Å². The minimum absolute atomic E-state index is 0.0977. The Morgan fingerprint density at radius 2 is 1.90 bits per heavy atom. The molecule has 2 aromatic heterocycles. The summed E-state index contributed by atoms with van der Waals surface area (Å²) in [4.78, 5) is 19.2. The predicted molar refractivity (Wildman–Crippen MR) is 111 cm³/mol. The van der Waals surface area contributed by atoms with Crippen molar-refractivity contribution in [3.63, 3.8) is 0 Å². The van der Waals surface area contributed by atoms with Crippen LogP contribution in [-0.4, -0.2) is 27.6 Å². The third kappa shape index (κ3) is 3.98. The highest BCUT2D eigenvalue weighted by Crippen LogP contribution is 2.23. The number of nitrogens with zero attached hydrogens (tertiary/aromatic N) is 4. The number of hydrogen-bond donors (Lipinski definition) is 1. The molecule has 1 N–H and O–H groups in total. The van der Waals surface area contributed by atoms with E-state index in [1.165, 1.54) is 6.07 Å². The molecule has 2 heterocycles. The van der Waals surface area contributed by atoms with E-state index in [1.807, 2.05) is 49.2 Å². The molecule has 0 unspecified atom stereocenters. The molecule has 30 heavy (non-hydrogen) atoms. The van der Waals surface area contributed by atoms with Crippen molar-refractivity contribution in [3.05, 3.63) is 89.4 Å². The van der Waals surface area contributed by atoms with Gasteiger partial charge in [-0.15, -0.1) is 0 Å². The molecule has 0 aliphatic heterocycles. The van der Waals surface area contributed by atoms with Crippen molar-refractivity contribution in [1.82, 2.24) is 14.6 Å². The van der Waals surface area contributed by atoms with Gasteiger partial charge in [0.2, 0.25) is 0 Å². The lowest BCUT2D eigenvalue weighted by Gasteiger charge is -2.19. The summed E-state index contributed by atoms with van der Waals surface area (Å²) >= 11 is 0. The van der Waals surface area contributed by atoms with Crippen LogP contribution in [0.4, 0.5) is 20.3 Å². The maximum atomic E-state index is 13.9. The highest BCUT2D eigenvalue weighted by atomic mass is 19.1. The number of carbonyl (C=O) groups is 1. The number of carbonyl (C=O) groups excluding carboxylic acids is 1. The minimum Gasteiger partial charge on any atom is -0.354 e. The van der Waals surface area contributed by atoms with Crippen LogP contribution in [0, 0.1) is 18.6 Å². The Bertz CT molecular complexity index is 1220. The summed E-state index contributed by atoms with van der Waals surface area (Å²) in [5.74, 6) is -1.50. The smallest absolute Gasteiger partial charge is 0.276 e. The quantitative estimate of drug-likeness (QED) is 0.539. The fourth-order valence-electron chi connectivity index (χ4n) is 3.19. The number of aromatic nitrogens is 3. The van der Waals surface area contributed by atoms with E-state index >= 15 is 0 Å². The van der Waals surface area contributed by atoms with Gasteiger partial charge in [0.15, 0.2) is 11.5 Å². The molecule has 0 bridgehead atoms. The van der Waals surface area contributed by atoms with Crippen molar-refractivity contribution in [1.29, 1.82) is 0 Å². The highest BCUT2D eigenvalue weighted by Gasteiger charge is 2.18. The van der Waals surface area contributed by atoms with E-state index in [1.54, 1.807) is 16.8 Å². The van der Waals surface area contributed by atoms with E-state index in [0.717, 1.165) is 17.3 Å². The summed E-state index contributed by atoms with van der Waals surface area (Å²) in [6.45, 7) is 2.47. The number of aryl methyl sites for hydroxylation is 1. The molecular formula is C22H19F2N5O. The third-order valence-corrected chi connectivity index (χ3v) is 4.59. The minimum atomic E-state index is -0.854. The molecule has 0 saturated heterocycles. The van der Waals surface area contributed by atoms with E-state index in [2.05, 4.69) is 15.4 Å². The fourth-order valence-corrected chi connectivity index (χ4v) is 3.19. The molecule has 4 rings (SSSR count). The largest absolute Gasteiger partial charge is 0.354 e. The second-order valence-corrected chi connectivity index (χ2v) is 6.99. The molecule has 4 aromatic rings. The van der Waals surface area contributed by atoms with Crippen LogP contribution in [0.1, 0.15) is 21.7 Å². The molecule has 0 radical (unpaired) electrons. The second kappa shape index (κ2) is 7.90. The van der Waals surface area contributed by atoms with Crippen molar-refractivity contribution >= 4 is 22.9 Å². The first-order chi connectivity index (χ1) is 14.4. The first kappa shape index (κ1) is 19.5. The van der Waals surface area contributed by atoms with Crippen LogP contribution in [0.3, 0.4) is 0 Å². The summed E-state index contributed by atoms with van der Waals surface area (Å²) in [7, 11) is 1.91. The summed E-state index contributed by atoms with van der Waals surface area (Å²) in [5.41, 5.74) is 2.47. The lowest BCUT2D eigenvalue weighted by molar-refractivity contribution is 0.102. The number of benzene rings is 2. The summed E-state index contributed by atoms with van der Waals surface area (Å²) in [6, 6.07) is 14.5. The van der Waals surface area contributed by atoms with E-state index in [4.69, 9.17) is 0 Å². The van der Waals surface area contributed by atoms with Crippen molar-refractivity contribution < 1.29 is 13.6 Å². The number of fused-ring (bicyclic) bond motifs is 1. The molecule has 0 spiro atoms. The van der Waals surface area contributed by atoms with Gasteiger partial charge in [0.05, 0.1) is 17.6 Å². The normalized spacial score (nSPS) is 10.9. The molecule has 0 saturated carbocycles.